The Morgan fingerprint density at radius 1 is 1.39 bits per heavy atom. The van der Waals surface area contributed by atoms with Crippen LogP contribution in [0, 0.1) is 0 Å². The normalized spacial score (nSPS) is 14.4. The average Bonchev–Trinajstić information content (AvgIpc) is 2.36. The number of aromatic nitrogens is 1. The highest BCUT2D eigenvalue weighted by molar-refractivity contribution is 9.10. The van der Waals surface area contributed by atoms with E-state index in [9.17, 15) is 4.21 Å². The van der Waals surface area contributed by atoms with Crippen molar-refractivity contribution in [2.24, 2.45) is 0 Å². The molecule has 0 amide bonds. The minimum Gasteiger partial charge on any atom is -0.368 e. The van der Waals surface area contributed by atoms with Gasteiger partial charge in [-0.1, -0.05) is 28.1 Å². The van der Waals surface area contributed by atoms with Gasteiger partial charge in [-0.3, -0.25) is 4.21 Å². The zero-order valence-corrected chi connectivity index (χ0v) is 12.7. The molecule has 2 rings (SSSR count). The van der Waals surface area contributed by atoms with Crippen LogP contribution in [0.25, 0.3) is 10.8 Å². The molecule has 1 N–H and O–H groups in total. The second kappa shape index (κ2) is 5.80. The van der Waals surface area contributed by atoms with E-state index in [0.717, 1.165) is 21.1 Å². The number of anilines is 1. The predicted octanol–water partition coefficient (Wildman–Crippen LogP) is 3.18. The number of nitrogens with zero attached hydrogens (tertiary/aromatic N) is 1. The summed E-state index contributed by atoms with van der Waals surface area (Å²) in [5.41, 5.74) is 0. The van der Waals surface area contributed by atoms with Crippen LogP contribution in [0.4, 0.5) is 5.82 Å². The van der Waals surface area contributed by atoms with Gasteiger partial charge in [0.05, 0.1) is 0 Å². The van der Waals surface area contributed by atoms with Crippen molar-refractivity contribution in [1.82, 2.24) is 4.98 Å². The highest BCUT2D eigenvalue weighted by Gasteiger charge is 2.08. The van der Waals surface area contributed by atoms with Crippen LogP contribution in [-0.4, -0.2) is 27.2 Å². The van der Waals surface area contributed by atoms with Crippen LogP contribution in [0.3, 0.4) is 0 Å². The summed E-state index contributed by atoms with van der Waals surface area (Å²) in [6.45, 7) is 2.62. The molecule has 0 saturated carbocycles. The van der Waals surface area contributed by atoms with E-state index < -0.39 is 10.8 Å². The van der Waals surface area contributed by atoms with E-state index in [4.69, 9.17) is 0 Å². The van der Waals surface area contributed by atoms with Crippen LogP contribution in [0.2, 0.25) is 0 Å². The van der Waals surface area contributed by atoms with Crippen LogP contribution in [-0.2, 0) is 10.8 Å². The van der Waals surface area contributed by atoms with E-state index in [1.807, 2.05) is 31.2 Å². The second-order valence-corrected chi connectivity index (χ2v) is 6.84. The van der Waals surface area contributed by atoms with E-state index in [2.05, 4.69) is 26.2 Å². The van der Waals surface area contributed by atoms with Crippen molar-refractivity contribution in [3.63, 3.8) is 0 Å². The molecule has 0 aliphatic carbocycles. The highest BCUT2D eigenvalue weighted by Crippen LogP contribution is 2.27. The highest BCUT2D eigenvalue weighted by atomic mass is 79.9. The molecular formula is C13H15BrN2OS. The molecule has 0 radical (unpaired) electrons. The fourth-order valence-corrected chi connectivity index (χ4v) is 2.48. The number of rotatable bonds is 4. The van der Waals surface area contributed by atoms with Gasteiger partial charge in [0.15, 0.2) is 0 Å². The Labute approximate surface area is 118 Å². The Kier molecular flexibility index (Phi) is 4.35. The first-order valence-electron chi connectivity index (χ1n) is 5.69. The molecule has 2 aromatic rings. The van der Waals surface area contributed by atoms with Crippen molar-refractivity contribution in [3.05, 3.63) is 34.9 Å². The topological polar surface area (TPSA) is 42.0 Å². The van der Waals surface area contributed by atoms with Crippen molar-refractivity contribution < 1.29 is 4.21 Å². The summed E-state index contributed by atoms with van der Waals surface area (Å²) in [4.78, 5) is 4.35. The zero-order chi connectivity index (χ0) is 13.1. The fraction of sp³-hybridized carbons (Fsp3) is 0.308. The van der Waals surface area contributed by atoms with Gasteiger partial charge in [0.2, 0.25) is 0 Å². The summed E-state index contributed by atoms with van der Waals surface area (Å²) in [6.07, 6.45) is 3.50. The quantitative estimate of drug-likeness (QED) is 0.938. The van der Waals surface area contributed by atoms with Gasteiger partial charge in [0.25, 0.3) is 0 Å². The molecule has 3 nitrogen and oxygen atoms in total. The number of nitrogens with one attached hydrogen (secondary N) is 1. The van der Waals surface area contributed by atoms with Crippen molar-refractivity contribution in [2.45, 2.75) is 12.2 Å². The summed E-state index contributed by atoms with van der Waals surface area (Å²) >= 11 is 3.53. The SMILES string of the molecule is CC(CNc1nccc2c(Br)cccc12)S(C)=O. The number of hydrogen-bond donors (Lipinski definition) is 1. The van der Waals surface area contributed by atoms with Gasteiger partial charge in [0, 0.05) is 50.3 Å². The second-order valence-electron chi connectivity index (χ2n) is 4.18. The summed E-state index contributed by atoms with van der Waals surface area (Å²) in [6, 6.07) is 8.01. The lowest BCUT2D eigenvalue weighted by atomic mass is 10.1. The van der Waals surface area contributed by atoms with Crippen molar-refractivity contribution in [2.75, 3.05) is 18.1 Å². The molecular weight excluding hydrogens is 312 g/mol. The van der Waals surface area contributed by atoms with Gasteiger partial charge in [-0.2, -0.15) is 0 Å². The number of fused-ring (bicyclic) bond motifs is 1. The van der Waals surface area contributed by atoms with E-state index in [1.165, 1.54) is 0 Å². The summed E-state index contributed by atoms with van der Waals surface area (Å²) in [7, 11) is -0.822. The molecule has 1 aromatic heterocycles. The molecule has 5 heteroatoms. The lowest BCUT2D eigenvalue weighted by molar-refractivity contribution is 0.679. The zero-order valence-electron chi connectivity index (χ0n) is 10.3. The third-order valence-electron chi connectivity index (χ3n) is 2.88. The fourth-order valence-electron chi connectivity index (χ4n) is 1.67. The van der Waals surface area contributed by atoms with Crippen molar-refractivity contribution >= 4 is 43.3 Å². The third-order valence-corrected chi connectivity index (χ3v) is 4.87. The standard InChI is InChI=1S/C13H15BrN2OS/c1-9(18(2)17)8-16-13-11-4-3-5-12(14)10(11)6-7-15-13/h3-7,9H,8H2,1-2H3,(H,15,16). The van der Waals surface area contributed by atoms with Crippen molar-refractivity contribution in [1.29, 1.82) is 0 Å². The molecule has 2 atom stereocenters. The average molecular weight is 327 g/mol. The summed E-state index contributed by atoms with van der Waals surface area (Å²) in [5, 5.41) is 5.57. The van der Waals surface area contributed by atoms with Crippen LogP contribution in [0.5, 0.6) is 0 Å². The molecule has 0 bridgehead atoms. The van der Waals surface area contributed by atoms with Gasteiger partial charge in [-0.15, -0.1) is 0 Å². The van der Waals surface area contributed by atoms with Gasteiger partial charge in [-0.25, -0.2) is 4.98 Å². The molecule has 0 saturated heterocycles. The molecule has 0 fully saturated rings. The number of benzene rings is 1. The van der Waals surface area contributed by atoms with E-state index in [1.54, 1.807) is 12.5 Å². The maximum Gasteiger partial charge on any atom is 0.133 e. The number of hydrogen-bond acceptors (Lipinski definition) is 3. The Balaban J connectivity index is 2.29. The Bertz CT molecular complexity index is 588. The lowest BCUT2D eigenvalue weighted by Crippen LogP contribution is -2.21. The predicted molar refractivity (Wildman–Crippen MR) is 81.5 cm³/mol. The van der Waals surface area contributed by atoms with Crippen LogP contribution in [0.15, 0.2) is 34.9 Å². The van der Waals surface area contributed by atoms with Gasteiger partial charge in [0.1, 0.15) is 5.82 Å². The summed E-state index contributed by atoms with van der Waals surface area (Å²) in [5.74, 6) is 0.839. The third kappa shape index (κ3) is 2.90. The van der Waals surface area contributed by atoms with Gasteiger partial charge in [-0.05, 0) is 19.1 Å². The summed E-state index contributed by atoms with van der Waals surface area (Å²) < 4.78 is 12.4. The van der Waals surface area contributed by atoms with Gasteiger partial charge >= 0.3 is 0 Å². The monoisotopic (exact) mass is 326 g/mol. The lowest BCUT2D eigenvalue weighted by Gasteiger charge is -2.12. The maximum atomic E-state index is 11.3. The van der Waals surface area contributed by atoms with E-state index in [0.29, 0.717) is 6.54 Å². The first-order chi connectivity index (χ1) is 8.59. The van der Waals surface area contributed by atoms with Gasteiger partial charge < -0.3 is 5.32 Å². The minimum atomic E-state index is -0.822. The molecule has 1 heterocycles. The molecule has 18 heavy (non-hydrogen) atoms. The first-order valence-corrected chi connectivity index (χ1v) is 8.10. The van der Waals surface area contributed by atoms with Crippen LogP contribution in [0.1, 0.15) is 6.92 Å². The van der Waals surface area contributed by atoms with Crippen LogP contribution < -0.4 is 5.32 Å². The van der Waals surface area contributed by atoms with Crippen molar-refractivity contribution in [3.8, 4) is 0 Å². The van der Waals surface area contributed by atoms with E-state index in [-0.39, 0.29) is 5.25 Å². The molecule has 0 spiro atoms. The smallest absolute Gasteiger partial charge is 0.133 e. The Hall–Kier alpha value is -0.940. The largest absolute Gasteiger partial charge is 0.368 e. The molecule has 96 valence electrons. The molecule has 1 aromatic carbocycles. The first kappa shape index (κ1) is 13.5. The number of pyridine rings is 1. The minimum absolute atomic E-state index is 0.106. The molecule has 0 aliphatic rings. The Morgan fingerprint density at radius 3 is 2.89 bits per heavy atom. The van der Waals surface area contributed by atoms with Crippen LogP contribution >= 0.6 is 15.9 Å². The molecule has 0 aliphatic heterocycles. The Morgan fingerprint density at radius 2 is 2.17 bits per heavy atom. The molecule has 2 unspecified atom stereocenters. The number of halogens is 1. The maximum absolute atomic E-state index is 11.3. The van der Waals surface area contributed by atoms with E-state index >= 15 is 0 Å².